The van der Waals surface area contributed by atoms with Gasteiger partial charge in [0.15, 0.2) is 0 Å². The van der Waals surface area contributed by atoms with Crippen LogP contribution in [0.5, 0.6) is 0 Å². The Kier molecular flexibility index (Phi) is 4.89. The second kappa shape index (κ2) is 6.53. The maximum Gasteiger partial charge on any atom is 0.0568 e. The summed E-state index contributed by atoms with van der Waals surface area (Å²) < 4.78 is 5.94. The molecule has 0 aromatic carbocycles. The summed E-state index contributed by atoms with van der Waals surface area (Å²) in [6, 6.07) is 0.869. The van der Waals surface area contributed by atoms with Gasteiger partial charge < -0.3 is 10.5 Å². The summed E-state index contributed by atoms with van der Waals surface area (Å²) in [5, 5.41) is 0. The zero-order valence-corrected chi connectivity index (χ0v) is 13.9. The first kappa shape index (κ1) is 15.7. The first-order valence-corrected chi connectivity index (χ1v) is 8.97. The van der Waals surface area contributed by atoms with E-state index in [1.807, 2.05) is 0 Å². The molecule has 3 rings (SSSR count). The number of piperazine rings is 1. The van der Waals surface area contributed by atoms with E-state index in [1.54, 1.807) is 0 Å². The molecule has 3 aliphatic rings. The molecule has 0 aromatic heterocycles. The van der Waals surface area contributed by atoms with Gasteiger partial charge in [0.05, 0.1) is 12.2 Å². The van der Waals surface area contributed by atoms with Crippen LogP contribution < -0.4 is 5.73 Å². The quantitative estimate of drug-likeness (QED) is 0.862. The van der Waals surface area contributed by atoms with Gasteiger partial charge in [-0.25, -0.2) is 0 Å². The lowest BCUT2D eigenvalue weighted by Crippen LogP contribution is -2.64. The Morgan fingerprint density at radius 1 is 1.00 bits per heavy atom. The molecule has 0 radical (unpaired) electrons. The number of hydrogen-bond donors (Lipinski definition) is 1. The maximum absolute atomic E-state index is 6.24. The van der Waals surface area contributed by atoms with Crippen molar-refractivity contribution in [3.8, 4) is 0 Å². The first-order valence-electron chi connectivity index (χ1n) is 8.97. The van der Waals surface area contributed by atoms with E-state index in [9.17, 15) is 0 Å². The fraction of sp³-hybridized carbons (Fsp3) is 1.00. The Morgan fingerprint density at radius 2 is 1.57 bits per heavy atom. The second-order valence-electron chi connectivity index (χ2n) is 7.56. The van der Waals surface area contributed by atoms with Gasteiger partial charge in [-0.2, -0.15) is 0 Å². The van der Waals surface area contributed by atoms with Crippen molar-refractivity contribution in [2.45, 2.75) is 76.2 Å². The van der Waals surface area contributed by atoms with Crippen LogP contribution in [0.25, 0.3) is 0 Å². The summed E-state index contributed by atoms with van der Waals surface area (Å²) >= 11 is 0. The van der Waals surface area contributed by atoms with Crippen LogP contribution in [-0.4, -0.2) is 66.3 Å². The van der Waals surface area contributed by atoms with Crippen LogP contribution in [0.15, 0.2) is 0 Å². The Hall–Kier alpha value is -0.160. The molecule has 1 aliphatic carbocycles. The SMILES string of the molecule is CC1CC(CN)(N2CCN(C3CCCC3)CC2)CC(C)O1. The monoisotopic (exact) mass is 295 g/mol. The second-order valence-corrected chi connectivity index (χ2v) is 7.56. The average Bonchev–Trinajstić information content (AvgIpc) is 3.00. The predicted molar refractivity (Wildman–Crippen MR) is 86.4 cm³/mol. The molecular formula is C17H33N3O. The summed E-state index contributed by atoms with van der Waals surface area (Å²) in [6.07, 6.45) is 8.58. The smallest absolute Gasteiger partial charge is 0.0568 e. The van der Waals surface area contributed by atoms with Gasteiger partial charge in [0.1, 0.15) is 0 Å². The number of nitrogens with zero attached hydrogens (tertiary/aromatic N) is 2. The van der Waals surface area contributed by atoms with Crippen molar-refractivity contribution in [1.82, 2.24) is 9.80 Å². The third kappa shape index (κ3) is 3.29. The number of hydrogen-bond acceptors (Lipinski definition) is 4. The summed E-state index contributed by atoms with van der Waals surface area (Å²) in [5.74, 6) is 0. The van der Waals surface area contributed by atoms with Crippen LogP contribution in [0.3, 0.4) is 0 Å². The van der Waals surface area contributed by atoms with E-state index < -0.39 is 0 Å². The number of ether oxygens (including phenoxy) is 1. The molecule has 4 heteroatoms. The molecule has 2 saturated heterocycles. The van der Waals surface area contributed by atoms with Gasteiger partial charge in [-0.1, -0.05) is 12.8 Å². The molecule has 1 saturated carbocycles. The average molecular weight is 295 g/mol. The van der Waals surface area contributed by atoms with Crippen molar-refractivity contribution in [1.29, 1.82) is 0 Å². The van der Waals surface area contributed by atoms with Crippen molar-refractivity contribution < 1.29 is 4.74 Å². The number of rotatable bonds is 3. The topological polar surface area (TPSA) is 41.7 Å². The Morgan fingerprint density at radius 3 is 2.10 bits per heavy atom. The van der Waals surface area contributed by atoms with E-state index in [-0.39, 0.29) is 5.54 Å². The first-order chi connectivity index (χ1) is 10.1. The van der Waals surface area contributed by atoms with Gasteiger partial charge in [0, 0.05) is 44.3 Å². The maximum atomic E-state index is 6.24. The van der Waals surface area contributed by atoms with Gasteiger partial charge in [0.2, 0.25) is 0 Å². The van der Waals surface area contributed by atoms with E-state index in [0.717, 1.165) is 25.4 Å². The highest BCUT2D eigenvalue weighted by molar-refractivity contribution is 4.99. The molecule has 0 bridgehead atoms. The Balaban J connectivity index is 1.61. The van der Waals surface area contributed by atoms with E-state index in [0.29, 0.717) is 12.2 Å². The largest absolute Gasteiger partial charge is 0.375 e. The minimum Gasteiger partial charge on any atom is -0.375 e. The molecule has 2 N–H and O–H groups in total. The Bertz CT molecular complexity index is 325. The van der Waals surface area contributed by atoms with Crippen molar-refractivity contribution in [3.05, 3.63) is 0 Å². The normalized spacial score (nSPS) is 40.7. The minimum absolute atomic E-state index is 0.179. The van der Waals surface area contributed by atoms with Crippen molar-refractivity contribution in [2.75, 3.05) is 32.7 Å². The third-order valence-electron chi connectivity index (χ3n) is 6.01. The van der Waals surface area contributed by atoms with E-state index >= 15 is 0 Å². The molecule has 2 aliphatic heterocycles. The lowest BCUT2D eigenvalue weighted by Gasteiger charge is -2.52. The van der Waals surface area contributed by atoms with Crippen molar-refractivity contribution in [3.63, 3.8) is 0 Å². The van der Waals surface area contributed by atoms with Crippen LogP contribution in [0.4, 0.5) is 0 Å². The van der Waals surface area contributed by atoms with Crippen LogP contribution in [0.2, 0.25) is 0 Å². The van der Waals surface area contributed by atoms with Gasteiger partial charge in [-0.15, -0.1) is 0 Å². The highest BCUT2D eigenvalue weighted by Gasteiger charge is 2.43. The zero-order valence-electron chi connectivity index (χ0n) is 13.9. The summed E-state index contributed by atoms with van der Waals surface area (Å²) in [7, 11) is 0. The molecule has 0 amide bonds. The minimum atomic E-state index is 0.179. The molecule has 3 fully saturated rings. The molecule has 122 valence electrons. The van der Waals surface area contributed by atoms with Gasteiger partial charge in [0.25, 0.3) is 0 Å². The molecule has 2 heterocycles. The number of nitrogens with two attached hydrogens (primary N) is 1. The van der Waals surface area contributed by atoms with E-state index in [4.69, 9.17) is 10.5 Å². The zero-order chi connectivity index (χ0) is 14.9. The molecule has 2 unspecified atom stereocenters. The van der Waals surface area contributed by atoms with Gasteiger partial charge in [-0.05, 0) is 39.5 Å². The standard InChI is InChI=1S/C17H33N3O/c1-14-11-17(13-18,12-15(2)21-14)20-9-7-19(8-10-20)16-5-3-4-6-16/h14-16H,3-13,18H2,1-2H3. The summed E-state index contributed by atoms with van der Waals surface area (Å²) in [5.41, 5.74) is 6.42. The van der Waals surface area contributed by atoms with E-state index in [1.165, 1.54) is 51.9 Å². The van der Waals surface area contributed by atoms with Crippen LogP contribution in [-0.2, 0) is 4.74 Å². The van der Waals surface area contributed by atoms with Crippen LogP contribution in [0, 0.1) is 0 Å². The Labute approximate surface area is 130 Å². The molecule has 21 heavy (non-hydrogen) atoms. The van der Waals surface area contributed by atoms with Crippen molar-refractivity contribution in [2.24, 2.45) is 5.73 Å². The van der Waals surface area contributed by atoms with Crippen molar-refractivity contribution >= 4 is 0 Å². The third-order valence-corrected chi connectivity index (χ3v) is 6.01. The predicted octanol–water partition coefficient (Wildman–Crippen LogP) is 1.83. The molecule has 0 aromatic rings. The summed E-state index contributed by atoms with van der Waals surface area (Å²) in [4.78, 5) is 5.42. The lowest BCUT2D eigenvalue weighted by molar-refractivity contribution is -0.112. The molecule has 2 atom stereocenters. The molecule has 0 spiro atoms. The molecular weight excluding hydrogens is 262 g/mol. The van der Waals surface area contributed by atoms with E-state index in [2.05, 4.69) is 23.6 Å². The van der Waals surface area contributed by atoms with Gasteiger partial charge >= 0.3 is 0 Å². The summed E-state index contributed by atoms with van der Waals surface area (Å²) in [6.45, 7) is 10.0. The van der Waals surface area contributed by atoms with Crippen LogP contribution in [0.1, 0.15) is 52.4 Å². The van der Waals surface area contributed by atoms with Gasteiger partial charge in [-0.3, -0.25) is 9.80 Å². The fourth-order valence-corrected chi connectivity index (χ4v) is 5.03. The fourth-order valence-electron chi connectivity index (χ4n) is 5.03. The lowest BCUT2D eigenvalue weighted by atomic mass is 9.82. The van der Waals surface area contributed by atoms with Crippen LogP contribution >= 0.6 is 0 Å². The highest BCUT2D eigenvalue weighted by atomic mass is 16.5. The molecule has 4 nitrogen and oxygen atoms in total. The highest BCUT2D eigenvalue weighted by Crippen LogP contribution is 2.35.